The van der Waals surface area contributed by atoms with Crippen LogP contribution in [-0.2, 0) is 6.54 Å². The summed E-state index contributed by atoms with van der Waals surface area (Å²) >= 11 is 0. The third-order valence-electron chi connectivity index (χ3n) is 2.15. The maximum Gasteiger partial charge on any atom is 0.256 e. The first-order chi connectivity index (χ1) is 5.70. The van der Waals surface area contributed by atoms with E-state index in [1.807, 2.05) is 12.1 Å². The van der Waals surface area contributed by atoms with Crippen molar-refractivity contribution in [1.29, 1.82) is 0 Å². The molecule has 1 aromatic carbocycles. The average Bonchev–Trinajstić information content (AvgIpc) is 2.29. The largest absolute Gasteiger partial charge is 0.398 e. The monoisotopic (exact) mass is 162 g/mol. The van der Waals surface area contributed by atoms with Crippen LogP contribution in [0.3, 0.4) is 0 Å². The minimum atomic E-state index is 0.0306. The van der Waals surface area contributed by atoms with Crippen molar-refractivity contribution in [3.8, 4) is 0 Å². The highest BCUT2D eigenvalue weighted by molar-refractivity contribution is 6.02. The van der Waals surface area contributed by atoms with Crippen molar-refractivity contribution >= 4 is 11.6 Å². The van der Waals surface area contributed by atoms with Crippen molar-refractivity contribution in [3.63, 3.8) is 0 Å². The Kier molecular flexibility index (Phi) is 1.33. The van der Waals surface area contributed by atoms with Gasteiger partial charge in [0.25, 0.3) is 5.91 Å². The van der Waals surface area contributed by atoms with Gasteiger partial charge in [-0.2, -0.15) is 0 Å². The summed E-state index contributed by atoms with van der Waals surface area (Å²) in [5.41, 5.74) is 7.97. The van der Waals surface area contributed by atoms with Crippen molar-refractivity contribution in [1.82, 2.24) is 4.90 Å². The molecule has 1 aliphatic heterocycles. The summed E-state index contributed by atoms with van der Waals surface area (Å²) in [6.45, 7) is 0.680. The Bertz CT molecular complexity index is 346. The third-order valence-corrected chi connectivity index (χ3v) is 2.15. The second-order valence-electron chi connectivity index (χ2n) is 3.04. The van der Waals surface area contributed by atoms with Gasteiger partial charge in [0.05, 0.1) is 5.56 Å². The third kappa shape index (κ3) is 0.794. The number of amides is 1. The molecule has 2 rings (SSSR count). The Balaban J connectivity index is 2.62. The van der Waals surface area contributed by atoms with E-state index >= 15 is 0 Å². The van der Waals surface area contributed by atoms with Crippen LogP contribution in [0.2, 0.25) is 0 Å². The Morgan fingerprint density at radius 1 is 1.50 bits per heavy atom. The Labute approximate surface area is 70.8 Å². The van der Waals surface area contributed by atoms with Gasteiger partial charge < -0.3 is 10.6 Å². The summed E-state index contributed by atoms with van der Waals surface area (Å²) in [5, 5.41) is 0. The molecule has 3 nitrogen and oxygen atoms in total. The van der Waals surface area contributed by atoms with Crippen LogP contribution in [0.15, 0.2) is 18.2 Å². The van der Waals surface area contributed by atoms with Gasteiger partial charge >= 0.3 is 0 Å². The number of rotatable bonds is 0. The number of fused-ring (bicyclic) bond motifs is 1. The zero-order valence-electron chi connectivity index (χ0n) is 6.87. The fraction of sp³-hybridized carbons (Fsp3) is 0.222. The topological polar surface area (TPSA) is 46.3 Å². The maximum atomic E-state index is 11.5. The molecule has 2 N–H and O–H groups in total. The van der Waals surface area contributed by atoms with Crippen LogP contribution in [0.1, 0.15) is 15.9 Å². The highest BCUT2D eigenvalue weighted by atomic mass is 16.2. The molecule has 3 heteroatoms. The smallest absolute Gasteiger partial charge is 0.256 e. The highest BCUT2D eigenvalue weighted by Gasteiger charge is 2.25. The van der Waals surface area contributed by atoms with Gasteiger partial charge in [-0.1, -0.05) is 12.1 Å². The number of anilines is 1. The molecule has 0 spiro atoms. The number of hydrogen-bond donors (Lipinski definition) is 1. The van der Waals surface area contributed by atoms with Crippen LogP contribution in [-0.4, -0.2) is 17.9 Å². The predicted molar refractivity (Wildman–Crippen MR) is 46.7 cm³/mol. The molecule has 62 valence electrons. The minimum Gasteiger partial charge on any atom is -0.398 e. The first-order valence-corrected chi connectivity index (χ1v) is 3.83. The van der Waals surface area contributed by atoms with Gasteiger partial charge in [-0.25, -0.2) is 0 Å². The molecular formula is C9H10N2O. The maximum absolute atomic E-state index is 11.5. The molecule has 0 aromatic heterocycles. The lowest BCUT2D eigenvalue weighted by molar-refractivity contribution is 0.0817. The van der Waals surface area contributed by atoms with Gasteiger partial charge in [-0.15, -0.1) is 0 Å². The lowest BCUT2D eigenvalue weighted by Gasteiger charge is -2.05. The lowest BCUT2D eigenvalue weighted by atomic mass is 10.1. The van der Waals surface area contributed by atoms with E-state index in [-0.39, 0.29) is 5.91 Å². The number of nitrogens with zero attached hydrogens (tertiary/aromatic N) is 1. The average molecular weight is 162 g/mol. The summed E-state index contributed by atoms with van der Waals surface area (Å²) in [5.74, 6) is 0.0306. The van der Waals surface area contributed by atoms with Gasteiger partial charge in [-0.3, -0.25) is 4.79 Å². The normalized spacial score (nSPS) is 15.1. The van der Waals surface area contributed by atoms with Crippen LogP contribution in [0, 0.1) is 0 Å². The van der Waals surface area contributed by atoms with Gasteiger partial charge in [0, 0.05) is 19.3 Å². The van der Waals surface area contributed by atoms with Crippen molar-refractivity contribution in [2.75, 3.05) is 12.8 Å². The fourth-order valence-corrected chi connectivity index (χ4v) is 1.53. The van der Waals surface area contributed by atoms with Crippen LogP contribution < -0.4 is 5.73 Å². The molecule has 0 aliphatic carbocycles. The van der Waals surface area contributed by atoms with Gasteiger partial charge in [0.1, 0.15) is 0 Å². The quantitative estimate of drug-likeness (QED) is 0.575. The van der Waals surface area contributed by atoms with Gasteiger partial charge in [0.15, 0.2) is 0 Å². The van der Waals surface area contributed by atoms with Crippen molar-refractivity contribution in [3.05, 3.63) is 29.3 Å². The van der Waals surface area contributed by atoms with Crippen molar-refractivity contribution in [2.45, 2.75) is 6.54 Å². The van der Waals surface area contributed by atoms with E-state index in [1.165, 1.54) is 0 Å². The molecule has 0 unspecified atom stereocenters. The second kappa shape index (κ2) is 2.24. The zero-order valence-corrected chi connectivity index (χ0v) is 6.87. The number of hydrogen-bond acceptors (Lipinski definition) is 2. The van der Waals surface area contributed by atoms with Crippen LogP contribution in [0.25, 0.3) is 0 Å². The summed E-state index contributed by atoms with van der Waals surface area (Å²) in [6.07, 6.45) is 0. The molecule has 0 radical (unpaired) electrons. The molecular weight excluding hydrogens is 152 g/mol. The van der Waals surface area contributed by atoms with Gasteiger partial charge in [0.2, 0.25) is 0 Å². The second-order valence-corrected chi connectivity index (χ2v) is 3.04. The SMILES string of the molecule is CN1Cc2cccc(N)c2C1=O. The van der Waals surface area contributed by atoms with Crippen molar-refractivity contribution < 1.29 is 4.79 Å². The molecule has 0 atom stereocenters. The van der Waals surface area contributed by atoms with Crippen LogP contribution in [0.4, 0.5) is 5.69 Å². The number of benzene rings is 1. The predicted octanol–water partition coefficient (Wildman–Crippen LogP) is 0.854. The Morgan fingerprint density at radius 3 is 2.92 bits per heavy atom. The summed E-state index contributed by atoms with van der Waals surface area (Å²) in [6, 6.07) is 5.57. The van der Waals surface area contributed by atoms with Crippen molar-refractivity contribution in [2.24, 2.45) is 0 Å². The standard InChI is InChI=1S/C9H10N2O/c1-11-5-6-3-2-4-7(10)8(6)9(11)12/h2-4H,5,10H2,1H3. The molecule has 0 saturated carbocycles. The molecule has 1 aromatic rings. The van der Waals surface area contributed by atoms with E-state index in [0.717, 1.165) is 5.56 Å². The van der Waals surface area contributed by atoms with E-state index in [1.54, 1.807) is 18.0 Å². The van der Waals surface area contributed by atoms with E-state index in [9.17, 15) is 4.79 Å². The number of nitrogens with two attached hydrogens (primary N) is 1. The Hall–Kier alpha value is -1.51. The minimum absolute atomic E-state index is 0.0306. The number of carbonyl (C=O) groups is 1. The molecule has 12 heavy (non-hydrogen) atoms. The first kappa shape index (κ1) is 7.16. The number of carbonyl (C=O) groups excluding carboxylic acids is 1. The van der Waals surface area contributed by atoms with E-state index in [2.05, 4.69) is 0 Å². The molecule has 1 amide bonds. The summed E-state index contributed by atoms with van der Waals surface area (Å²) in [4.78, 5) is 13.1. The molecule has 1 heterocycles. The molecule has 0 fully saturated rings. The van der Waals surface area contributed by atoms with Crippen LogP contribution >= 0.6 is 0 Å². The zero-order chi connectivity index (χ0) is 8.72. The Morgan fingerprint density at radius 2 is 2.25 bits per heavy atom. The lowest BCUT2D eigenvalue weighted by Crippen LogP contribution is -2.18. The fourth-order valence-electron chi connectivity index (χ4n) is 1.53. The molecule has 0 bridgehead atoms. The molecule has 1 aliphatic rings. The molecule has 0 saturated heterocycles. The van der Waals surface area contributed by atoms with E-state index in [0.29, 0.717) is 17.8 Å². The number of nitrogen functional groups attached to an aromatic ring is 1. The highest BCUT2D eigenvalue weighted by Crippen LogP contribution is 2.25. The van der Waals surface area contributed by atoms with E-state index < -0.39 is 0 Å². The van der Waals surface area contributed by atoms with Gasteiger partial charge in [-0.05, 0) is 11.6 Å². The van der Waals surface area contributed by atoms with E-state index in [4.69, 9.17) is 5.73 Å². The summed E-state index contributed by atoms with van der Waals surface area (Å²) in [7, 11) is 1.78. The first-order valence-electron chi connectivity index (χ1n) is 3.83. The van der Waals surface area contributed by atoms with Crippen LogP contribution in [0.5, 0.6) is 0 Å². The summed E-state index contributed by atoms with van der Waals surface area (Å²) < 4.78 is 0.